The van der Waals surface area contributed by atoms with Gasteiger partial charge in [-0.25, -0.2) is 0 Å². The lowest BCUT2D eigenvalue weighted by atomic mass is 10.3. The molecule has 14 heavy (non-hydrogen) atoms. The number of hydrogen-bond acceptors (Lipinski definition) is 2. The van der Waals surface area contributed by atoms with Crippen LogP contribution in [0.1, 0.15) is 32.6 Å². The topological polar surface area (TPSA) is 46.5 Å². The molecule has 0 unspecified atom stereocenters. The van der Waals surface area contributed by atoms with E-state index in [1.807, 2.05) is 0 Å². The van der Waals surface area contributed by atoms with Crippen molar-refractivity contribution in [3.05, 3.63) is 0 Å². The van der Waals surface area contributed by atoms with Gasteiger partial charge in [-0.1, -0.05) is 19.8 Å². The Kier molecular flexibility index (Phi) is 6.83. The van der Waals surface area contributed by atoms with Gasteiger partial charge in [0, 0.05) is 13.0 Å². The molecule has 0 spiro atoms. The highest BCUT2D eigenvalue weighted by Crippen LogP contribution is 2.15. The van der Waals surface area contributed by atoms with Crippen LogP contribution in [0.4, 0.5) is 0 Å². The Balaban J connectivity index is 3.49. The highest BCUT2D eigenvalue weighted by molar-refractivity contribution is 6.71. The van der Waals surface area contributed by atoms with Gasteiger partial charge in [-0.05, 0) is 25.6 Å². The van der Waals surface area contributed by atoms with Gasteiger partial charge < -0.3 is 9.53 Å². The van der Waals surface area contributed by atoms with E-state index in [1.165, 1.54) is 18.9 Å². The normalized spacial score (nSPS) is 11.6. The zero-order valence-electron chi connectivity index (χ0n) is 9.51. The molecule has 84 valence electrons. The fraction of sp³-hybridized carbons (Fsp3) is 0.900. The second-order valence-corrected chi connectivity index (χ2v) is 8.52. The molecule has 0 aliphatic rings. The first-order valence-corrected chi connectivity index (χ1v) is 8.45. The first kappa shape index (κ1) is 13.6. The van der Waals surface area contributed by atoms with Crippen LogP contribution in [0.2, 0.25) is 19.1 Å². The monoisotopic (exact) mass is 218 g/mol. The maximum absolute atomic E-state index is 10.3. The van der Waals surface area contributed by atoms with Crippen LogP contribution in [0.3, 0.4) is 0 Å². The maximum atomic E-state index is 10.3. The van der Waals surface area contributed by atoms with Crippen molar-refractivity contribution in [2.24, 2.45) is 0 Å². The summed E-state index contributed by atoms with van der Waals surface area (Å²) in [4.78, 5) is 10.3. The number of aliphatic carboxylic acids is 1. The van der Waals surface area contributed by atoms with E-state index in [0.717, 1.165) is 0 Å². The van der Waals surface area contributed by atoms with Crippen molar-refractivity contribution in [1.29, 1.82) is 0 Å². The molecule has 1 N–H and O–H groups in total. The summed E-state index contributed by atoms with van der Waals surface area (Å²) in [6, 6.07) is 1.18. The summed E-state index contributed by atoms with van der Waals surface area (Å²) < 4.78 is 5.76. The summed E-state index contributed by atoms with van der Waals surface area (Å²) in [7, 11) is -1.49. The van der Waals surface area contributed by atoms with Gasteiger partial charge in [0.15, 0.2) is 8.32 Å². The molecule has 0 radical (unpaired) electrons. The van der Waals surface area contributed by atoms with Crippen LogP contribution >= 0.6 is 0 Å². The van der Waals surface area contributed by atoms with E-state index in [9.17, 15) is 4.79 Å². The molecule has 0 amide bonds. The second kappa shape index (κ2) is 7.01. The van der Waals surface area contributed by atoms with E-state index in [2.05, 4.69) is 20.0 Å². The third-order valence-electron chi connectivity index (χ3n) is 2.16. The SMILES string of the molecule is CCCC[Si](C)(C)OCCCC(=O)O. The average molecular weight is 218 g/mol. The van der Waals surface area contributed by atoms with Gasteiger partial charge in [0.2, 0.25) is 0 Å². The molecule has 0 aliphatic heterocycles. The van der Waals surface area contributed by atoms with Gasteiger partial charge in [-0.15, -0.1) is 0 Å². The fourth-order valence-electron chi connectivity index (χ4n) is 1.25. The van der Waals surface area contributed by atoms with Crippen molar-refractivity contribution in [3.8, 4) is 0 Å². The molecule has 0 aromatic heterocycles. The smallest absolute Gasteiger partial charge is 0.303 e. The van der Waals surface area contributed by atoms with E-state index < -0.39 is 14.3 Å². The molecule has 0 saturated heterocycles. The van der Waals surface area contributed by atoms with Crippen molar-refractivity contribution in [2.45, 2.75) is 51.7 Å². The predicted molar refractivity (Wildman–Crippen MR) is 60.0 cm³/mol. The lowest BCUT2D eigenvalue weighted by Crippen LogP contribution is -2.30. The van der Waals surface area contributed by atoms with E-state index in [0.29, 0.717) is 13.0 Å². The van der Waals surface area contributed by atoms with Gasteiger partial charge in [0.05, 0.1) is 0 Å². The van der Waals surface area contributed by atoms with Crippen LogP contribution in [0.25, 0.3) is 0 Å². The Hall–Kier alpha value is -0.353. The number of rotatable bonds is 8. The summed E-state index contributed by atoms with van der Waals surface area (Å²) >= 11 is 0. The van der Waals surface area contributed by atoms with Gasteiger partial charge >= 0.3 is 5.97 Å². The maximum Gasteiger partial charge on any atom is 0.303 e. The molecule has 0 aliphatic carbocycles. The van der Waals surface area contributed by atoms with Crippen LogP contribution in [0.5, 0.6) is 0 Å². The van der Waals surface area contributed by atoms with Crippen LogP contribution in [0, 0.1) is 0 Å². The molecular weight excluding hydrogens is 196 g/mol. The highest BCUT2D eigenvalue weighted by atomic mass is 28.4. The molecular formula is C10H22O3Si. The Labute approximate surface area is 87.6 Å². The van der Waals surface area contributed by atoms with Crippen molar-refractivity contribution in [2.75, 3.05) is 6.61 Å². The molecule has 0 aromatic rings. The number of carboxylic acid groups (broad SMARTS) is 1. The Morgan fingerprint density at radius 2 is 2.00 bits per heavy atom. The number of unbranched alkanes of at least 4 members (excludes halogenated alkanes) is 1. The Bertz CT molecular complexity index is 169. The lowest BCUT2D eigenvalue weighted by molar-refractivity contribution is -0.137. The Morgan fingerprint density at radius 3 is 2.50 bits per heavy atom. The lowest BCUT2D eigenvalue weighted by Gasteiger charge is -2.22. The first-order valence-electron chi connectivity index (χ1n) is 5.33. The molecule has 0 saturated carbocycles. The van der Waals surface area contributed by atoms with Crippen molar-refractivity contribution >= 4 is 14.3 Å². The minimum Gasteiger partial charge on any atom is -0.481 e. The van der Waals surface area contributed by atoms with E-state index in [-0.39, 0.29) is 6.42 Å². The molecule has 0 fully saturated rings. The zero-order valence-corrected chi connectivity index (χ0v) is 10.5. The van der Waals surface area contributed by atoms with Gasteiger partial charge in [-0.2, -0.15) is 0 Å². The number of carbonyl (C=O) groups is 1. The van der Waals surface area contributed by atoms with E-state index >= 15 is 0 Å². The second-order valence-electron chi connectivity index (χ2n) is 4.21. The molecule has 0 atom stereocenters. The third kappa shape index (κ3) is 8.25. The summed E-state index contributed by atoms with van der Waals surface area (Å²) in [5, 5.41) is 8.44. The largest absolute Gasteiger partial charge is 0.481 e. The minimum absolute atomic E-state index is 0.220. The summed E-state index contributed by atoms with van der Waals surface area (Å²) in [5.74, 6) is -0.735. The molecule has 0 rings (SSSR count). The molecule has 4 heteroatoms. The Morgan fingerprint density at radius 1 is 1.36 bits per heavy atom. The third-order valence-corrected chi connectivity index (χ3v) is 4.70. The fourth-order valence-corrected chi connectivity index (χ4v) is 3.29. The van der Waals surface area contributed by atoms with E-state index in [1.54, 1.807) is 0 Å². The van der Waals surface area contributed by atoms with Gasteiger partial charge in [0.25, 0.3) is 0 Å². The minimum atomic E-state index is -1.49. The molecule has 0 heterocycles. The first-order chi connectivity index (χ1) is 6.48. The highest BCUT2D eigenvalue weighted by Gasteiger charge is 2.20. The predicted octanol–water partition coefficient (Wildman–Crippen LogP) is 2.87. The molecule has 0 aromatic carbocycles. The van der Waals surface area contributed by atoms with Crippen molar-refractivity contribution in [1.82, 2.24) is 0 Å². The van der Waals surface area contributed by atoms with E-state index in [4.69, 9.17) is 9.53 Å². The zero-order chi connectivity index (χ0) is 11.0. The summed E-state index contributed by atoms with van der Waals surface area (Å²) in [6.07, 6.45) is 3.28. The summed E-state index contributed by atoms with van der Waals surface area (Å²) in [6.45, 7) is 7.18. The number of hydrogen-bond donors (Lipinski definition) is 1. The van der Waals surface area contributed by atoms with Crippen LogP contribution in [-0.4, -0.2) is 26.0 Å². The average Bonchev–Trinajstić information content (AvgIpc) is 2.09. The van der Waals surface area contributed by atoms with Crippen molar-refractivity contribution < 1.29 is 14.3 Å². The van der Waals surface area contributed by atoms with Crippen LogP contribution in [0.15, 0.2) is 0 Å². The van der Waals surface area contributed by atoms with Crippen LogP contribution in [-0.2, 0) is 9.22 Å². The van der Waals surface area contributed by atoms with Gasteiger partial charge in [-0.3, -0.25) is 4.79 Å². The van der Waals surface area contributed by atoms with Crippen LogP contribution < -0.4 is 0 Å². The van der Waals surface area contributed by atoms with Crippen molar-refractivity contribution in [3.63, 3.8) is 0 Å². The number of carboxylic acids is 1. The molecule has 3 nitrogen and oxygen atoms in total. The standard InChI is InChI=1S/C10H22O3Si/c1-4-5-9-14(2,3)13-8-6-7-10(11)12/h4-9H2,1-3H3,(H,11,12). The molecule has 0 bridgehead atoms. The van der Waals surface area contributed by atoms with Gasteiger partial charge in [0.1, 0.15) is 0 Å². The summed E-state index contributed by atoms with van der Waals surface area (Å²) in [5.41, 5.74) is 0. The quantitative estimate of drug-likeness (QED) is 0.503.